The highest BCUT2D eigenvalue weighted by Crippen LogP contribution is 2.16. The van der Waals surface area contributed by atoms with Crippen LogP contribution in [0.1, 0.15) is 30.1 Å². The summed E-state index contributed by atoms with van der Waals surface area (Å²) >= 11 is 0. The molecular formula is C14H17N5O. The van der Waals surface area contributed by atoms with Gasteiger partial charge in [-0.1, -0.05) is 12.1 Å². The molecule has 0 fully saturated rings. The van der Waals surface area contributed by atoms with Crippen molar-refractivity contribution in [3.05, 3.63) is 54.6 Å². The fourth-order valence-corrected chi connectivity index (χ4v) is 1.88. The molecule has 2 aromatic rings. The molecule has 0 saturated heterocycles. The summed E-state index contributed by atoms with van der Waals surface area (Å²) in [6.07, 6.45) is 8.48. The maximum Gasteiger partial charge on any atom is 0.220 e. The second-order valence-corrected chi connectivity index (χ2v) is 4.39. The minimum atomic E-state index is -0.0917. The van der Waals surface area contributed by atoms with Crippen molar-refractivity contribution in [1.29, 1.82) is 0 Å². The van der Waals surface area contributed by atoms with Gasteiger partial charge in [-0.25, -0.2) is 0 Å². The maximum atomic E-state index is 12.0. The minimum absolute atomic E-state index is 0.0243. The number of carbonyl (C=O) groups excluding carboxylic acids is 1. The molecule has 0 aliphatic rings. The predicted octanol–water partition coefficient (Wildman–Crippen LogP) is 1.57. The summed E-state index contributed by atoms with van der Waals surface area (Å²) in [5, 5.41) is 13.1. The summed E-state index contributed by atoms with van der Waals surface area (Å²) < 4.78 is 0. The molecule has 0 aliphatic carbocycles. The number of H-pyrrole nitrogens is 1. The average Bonchev–Trinajstić information content (AvgIpc) is 2.99. The van der Waals surface area contributed by atoms with Crippen LogP contribution in [0.5, 0.6) is 0 Å². The zero-order chi connectivity index (χ0) is 14.2. The Bertz CT molecular complexity index is 538. The van der Waals surface area contributed by atoms with E-state index in [0.29, 0.717) is 19.3 Å². The summed E-state index contributed by atoms with van der Waals surface area (Å²) in [5.74, 6) is -0.0243. The maximum absolute atomic E-state index is 12.0. The third-order valence-corrected chi connectivity index (χ3v) is 2.90. The molecule has 20 heavy (non-hydrogen) atoms. The van der Waals surface area contributed by atoms with Crippen molar-refractivity contribution >= 4 is 5.91 Å². The number of pyridine rings is 1. The largest absolute Gasteiger partial charge is 0.349 e. The molecule has 2 aromatic heterocycles. The van der Waals surface area contributed by atoms with Crippen LogP contribution in [0, 0.1) is 0 Å². The number of nitrogens with one attached hydrogen (secondary N) is 2. The van der Waals surface area contributed by atoms with E-state index in [9.17, 15) is 4.79 Å². The molecule has 6 nitrogen and oxygen atoms in total. The number of aryl methyl sites for hydroxylation is 1. The molecule has 6 heteroatoms. The van der Waals surface area contributed by atoms with E-state index in [4.69, 9.17) is 0 Å². The molecule has 0 aromatic carbocycles. The number of carbonyl (C=O) groups is 1. The van der Waals surface area contributed by atoms with Gasteiger partial charge in [0.1, 0.15) is 0 Å². The van der Waals surface area contributed by atoms with Crippen LogP contribution in [-0.4, -0.2) is 26.3 Å². The van der Waals surface area contributed by atoms with E-state index in [1.54, 1.807) is 24.7 Å². The first-order chi connectivity index (χ1) is 9.79. The highest BCUT2D eigenvalue weighted by atomic mass is 16.1. The number of nitrogens with zero attached hydrogens (tertiary/aromatic N) is 3. The van der Waals surface area contributed by atoms with Crippen molar-refractivity contribution in [2.75, 3.05) is 0 Å². The van der Waals surface area contributed by atoms with Gasteiger partial charge in [0, 0.05) is 25.2 Å². The van der Waals surface area contributed by atoms with Crippen molar-refractivity contribution in [3.8, 4) is 0 Å². The highest BCUT2D eigenvalue weighted by Gasteiger charge is 2.13. The molecule has 0 unspecified atom stereocenters. The Morgan fingerprint density at radius 1 is 1.50 bits per heavy atom. The van der Waals surface area contributed by atoms with E-state index in [2.05, 4.69) is 32.3 Å². The smallest absolute Gasteiger partial charge is 0.220 e. The number of rotatable bonds is 7. The molecule has 104 valence electrons. The Hall–Kier alpha value is -2.50. The van der Waals surface area contributed by atoms with E-state index >= 15 is 0 Å². The topological polar surface area (TPSA) is 83.6 Å². The fourth-order valence-electron chi connectivity index (χ4n) is 1.88. The van der Waals surface area contributed by atoms with Crippen LogP contribution in [0.15, 0.2) is 43.4 Å². The molecule has 1 atom stereocenters. The second-order valence-electron chi connectivity index (χ2n) is 4.39. The third-order valence-electron chi connectivity index (χ3n) is 2.90. The van der Waals surface area contributed by atoms with Gasteiger partial charge in [0.2, 0.25) is 5.91 Å². The third kappa shape index (κ3) is 4.01. The molecule has 0 bridgehead atoms. The normalized spacial score (nSPS) is 11.8. The van der Waals surface area contributed by atoms with Gasteiger partial charge in [-0.3, -0.25) is 9.78 Å². The number of hydrogen-bond acceptors (Lipinski definition) is 4. The molecule has 0 spiro atoms. The lowest BCUT2D eigenvalue weighted by Crippen LogP contribution is -2.28. The highest BCUT2D eigenvalue weighted by molar-refractivity contribution is 5.76. The first kappa shape index (κ1) is 13.9. The lowest BCUT2D eigenvalue weighted by molar-refractivity contribution is -0.121. The van der Waals surface area contributed by atoms with Gasteiger partial charge in [0.15, 0.2) is 0 Å². The summed E-state index contributed by atoms with van der Waals surface area (Å²) in [6.45, 7) is 3.73. The Kier molecular flexibility index (Phi) is 5.00. The van der Waals surface area contributed by atoms with E-state index in [1.165, 1.54) is 0 Å². The number of hydrogen-bond donors (Lipinski definition) is 2. The predicted molar refractivity (Wildman–Crippen MR) is 74.6 cm³/mol. The van der Waals surface area contributed by atoms with E-state index in [0.717, 1.165) is 11.3 Å². The van der Waals surface area contributed by atoms with Gasteiger partial charge in [-0.2, -0.15) is 15.4 Å². The SMILES string of the molecule is C=CC[C@@H](NC(=O)CCc1cn[nH]n1)c1cccnc1. The summed E-state index contributed by atoms with van der Waals surface area (Å²) in [6, 6.07) is 3.71. The lowest BCUT2D eigenvalue weighted by atomic mass is 10.1. The molecular weight excluding hydrogens is 254 g/mol. The Labute approximate surface area is 117 Å². The zero-order valence-corrected chi connectivity index (χ0v) is 11.1. The van der Waals surface area contributed by atoms with Crippen molar-refractivity contribution in [2.24, 2.45) is 0 Å². The molecule has 2 heterocycles. The number of amides is 1. The first-order valence-electron chi connectivity index (χ1n) is 6.44. The van der Waals surface area contributed by atoms with Crippen LogP contribution in [-0.2, 0) is 11.2 Å². The molecule has 0 radical (unpaired) electrons. The van der Waals surface area contributed by atoms with Crippen LogP contribution < -0.4 is 5.32 Å². The van der Waals surface area contributed by atoms with Crippen LogP contribution in [0.4, 0.5) is 0 Å². The Morgan fingerprint density at radius 3 is 3.05 bits per heavy atom. The summed E-state index contributed by atoms with van der Waals surface area (Å²) in [4.78, 5) is 16.0. The molecule has 1 amide bonds. The number of aromatic nitrogens is 4. The van der Waals surface area contributed by atoms with E-state index < -0.39 is 0 Å². The fraction of sp³-hybridized carbons (Fsp3) is 0.286. The monoisotopic (exact) mass is 271 g/mol. The van der Waals surface area contributed by atoms with Crippen molar-refractivity contribution in [2.45, 2.75) is 25.3 Å². The average molecular weight is 271 g/mol. The second kappa shape index (κ2) is 7.18. The van der Waals surface area contributed by atoms with E-state index in [1.807, 2.05) is 12.1 Å². The molecule has 0 aliphatic heterocycles. The van der Waals surface area contributed by atoms with Crippen molar-refractivity contribution in [3.63, 3.8) is 0 Å². The quantitative estimate of drug-likeness (QED) is 0.749. The Balaban J connectivity index is 1.90. The van der Waals surface area contributed by atoms with Gasteiger partial charge >= 0.3 is 0 Å². The number of aromatic amines is 1. The van der Waals surface area contributed by atoms with Crippen LogP contribution in [0.2, 0.25) is 0 Å². The minimum Gasteiger partial charge on any atom is -0.349 e. The summed E-state index contributed by atoms with van der Waals surface area (Å²) in [5.41, 5.74) is 1.75. The molecule has 2 rings (SSSR count). The zero-order valence-electron chi connectivity index (χ0n) is 11.1. The molecule has 2 N–H and O–H groups in total. The van der Waals surface area contributed by atoms with Gasteiger partial charge < -0.3 is 5.32 Å². The van der Waals surface area contributed by atoms with Crippen LogP contribution in [0.25, 0.3) is 0 Å². The lowest BCUT2D eigenvalue weighted by Gasteiger charge is -2.17. The van der Waals surface area contributed by atoms with Crippen LogP contribution >= 0.6 is 0 Å². The van der Waals surface area contributed by atoms with Crippen molar-refractivity contribution in [1.82, 2.24) is 25.7 Å². The standard InChI is InChI=1S/C14H17N5O/c1-2-4-13(11-5-3-8-15-9-11)17-14(20)7-6-12-10-16-19-18-12/h2-3,5,8-10,13H,1,4,6-7H2,(H,17,20)(H,16,18,19)/t13-/m1/s1. The van der Waals surface area contributed by atoms with E-state index in [-0.39, 0.29) is 11.9 Å². The van der Waals surface area contributed by atoms with Gasteiger partial charge in [0.25, 0.3) is 0 Å². The van der Waals surface area contributed by atoms with Crippen molar-refractivity contribution < 1.29 is 4.79 Å². The first-order valence-corrected chi connectivity index (χ1v) is 6.44. The van der Waals surface area contributed by atoms with Gasteiger partial charge in [0.05, 0.1) is 17.9 Å². The molecule has 0 saturated carbocycles. The summed E-state index contributed by atoms with van der Waals surface area (Å²) in [7, 11) is 0. The Morgan fingerprint density at radius 2 is 2.40 bits per heavy atom. The van der Waals surface area contributed by atoms with Gasteiger partial charge in [-0.15, -0.1) is 6.58 Å². The van der Waals surface area contributed by atoms with Gasteiger partial charge in [-0.05, 0) is 18.1 Å². The van der Waals surface area contributed by atoms with Crippen LogP contribution in [0.3, 0.4) is 0 Å².